The number of halogens is 1. The third kappa shape index (κ3) is 12.2. The first-order valence-electron chi connectivity index (χ1n) is 15.4. The van der Waals surface area contributed by atoms with Crippen molar-refractivity contribution >= 4 is 5.97 Å². The molecular weight excluding hydrogens is 519 g/mol. The molecule has 3 atom stereocenters. The summed E-state index contributed by atoms with van der Waals surface area (Å²) in [5.74, 6) is 0.200. The summed E-state index contributed by atoms with van der Waals surface area (Å²) in [4.78, 5) is 32.6. The summed E-state index contributed by atoms with van der Waals surface area (Å²) in [6, 6.07) is 0. The van der Waals surface area contributed by atoms with Crippen LogP contribution in [-0.2, 0) is 38.6 Å². The molecule has 40 heavy (non-hydrogen) atoms. The topological polar surface area (TPSA) is 81.7 Å². The Hall–Kier alpha value is -1.36. The molecule has 0 spiro atoms. The van der Waals surface area contributed by atoms with Crippen LogP contribution in [0.25, 0.3) is 0 Å². The third-order valence-corrected chi connectivity index (χ3v) is 8.38. The molecule has 0 aliphatic heterocycles. The Morgan fingerprint density at radius 3 is 1.73 bits per heavy atom. The number of alkyl halides is 1. The van der Waals surface area contributed by atoms with Gasteiger partial charge in [0.15, 0.2) is 0 Å². The molecule has 0 aromatic heterocycles. The van der Waals surface area contributed by atoms with E-state index in [0.717, 1.165) is 77.0 Å². The molecule has 0 aromatic carbocycles. The third-order valence-electron chi connectivity index (χ3n) is 8.38. The van der Waals surface area contributed by atoms with E-state index in [1.54, 1.807) is 12.2 Å². The number of ether oxygens (including phenoxy) is 3. The highest BCUT2D eigenvalue weighted by atomic mass is 19.1. The summed E-state index contributed by atoms with van der Waals surface area (Å²) in [6.45, 7) is 10.1. The maximum Gasteiger partial charge on any atom is 0.309 e. The lowest BCUT2D eigenvalue weighted by atomic mass is 9.71. The fraction of sp³-hybridized carbons (Fsp3) is 0.839. The van der Waals surface area contributed by atoms with Crippen molar-refractivity contribution < 1.29 is 42.9 Å². The Labute approximate surface area is 239 Å². The minimum atomic E-state index is -0.906. The molecule has 230 valence electrons. The molecule has 3 unspecified atom stereocenters. The molecule has 3 aliphatic rings. The van der Waals surface area contributed by atoms with Gasteiger partial charge in [-0.15, -0.1) is 13.2 Å². The van der Waals surface area contributed by atoms with Crippen molar-refractivity contribution in [1.82, 2.24) is 0 Å². The van der Waals surface area contributed by atoms with E-state index in [1.165, 1.54) is 0 Å². The zero-order valence-electron chi connectivity index (χ0n) is 24.2. The summed E-state index contributed by atoms with van der Waals surface area (Å²) in [5, 5.41) is 0. The Bertz CT molecular complexity index is 705. The summed E-state index contributed by atoms with van der Waals surface area (Å²) >= 11 is 0. The molecule has 3 fully saturated rings. The van der Waals surface area contributed by atoms with Crippen molar-refractivity contribution in [3.05, 3.63) is 25.3 Å². The molecule has 0 amide bonds. The van der Waals surface area contributed by atoms with Crippen LogP contribution < -0.4 is 0 Å². The summed E-state index contributed by atoms with van der Waals surface area (Å²) < 4.78 is 33.0. The number of hydrogen-bond acceptors (Lipinski definition) is 8. The lowest BCUT2D eigenvalue weighted by molar-refractivity contribution is -0.287. The van der Waals surface area contributed by atoms with E-state index in [9.17, 15) is 4.79 Å². The molecule has 0 bridgehead atoms. The maximum atomic E-state index is 15.2. The largest absolute Gasteiger partial charge is 0.462 e. The van der Waals surface area contributed by atoms with Crippen molar-refractivity contribution in [2.24, 2.45) is 17.8 Å². The van der Waals surface area contributed by atoms with Gasteiger partial charge in [-0.05, 0) is 88.9 Å². The summed E-state index contributed by atoms with van der Waals surface area (Å²) in [7, 11) is 0. The number of esters is 1. The fourth-order valence-electron chi connectivity index (χ4n) is 6.20. The molecule has 0 aromatic rings. The van der Waals surface area contributed by atoms with Crippen molar-refractivity contribution in [3.8, 4) is 0 Å². The van der Waals surface area contributed by atoms with Gasteiger partial charge >= 0.3 is 5.97 Å². The van der Waals surface area contributed by atoms with Crippen LogP contribution in [0, 0.1) is 17.8 Å². The van der Waals surface area contributed by atoms with Crippen molar-refractivity contribution in [2.75, 3.05) is 39.6 Å². The summed E-state index contributed by atoms with van der Waals surface area (Å²) in [6.07, 6.45) is 13.1. The first-order valence-corrected chi connectivity index (χ1v) is 15.4. The number of carbonyl (C=O) groups excluding carboxylic acids is 1. The van der Waals surface area contributed by atoms with E-state index >= 15 is 4.39 Å². The van der Waals surface area contributed by atoms with Crippen molar-refractivity contribution in [3.63, 3.8) is 0 Å². The lowest BCUT2D eigenvalue weighted by Crippen LogP contribution is -2.39. The zero-order valence-corrected chi connectivity index (χ0v) is 24.2. The Kier molecular flexibility index (Phi) is 16.3. The second-order valence-electron chi connectivity index (χ2n) is 11.3. The normalized spacial score (nSPS) is 31.0. The zero-order chi connectivity index (χ0) is 28.4. The first-order chi connectivity index (χ1) is 19.6. The van der Waals surface area contributed by atoms with Gasteiger partial charge in [0.2, 0.25) is 0 Å². The van der Waals surface area contributed by atoms with Crippen LogP contribution in [0.15, 0.2) is 25.3 Å². The van der Waals surface area contributed by atoms with Crippen molar-refractivity contribution in [2.45, 2.75) is 108 Å². The van der Waals surface area contributed by atoms with E-state index < -0.39 is 6.17 Å². The average molecular weight is 571 g/mol. The molecule has 3 saturated carbocycles. The van der Waals surface area contributed by atoms with E-state index in [0.29, 0.717) is 52.0 Å². The molecular formula is C31H51FO8. The predicted molar refractivity (Wildman–Crippen MR) is 149 cm³/mol. The molecule has 8 nitrogen and oxygen atoms in total. The van der Waals surface area contributed by atoms with E-state index in [1.807, 2.05) is 0 Å². The first kappa shape index (κ1) is 33.1. The monoisotopic (exact) mass is 570 g/mol. The Morgan fingerprint density at radius 1 is 0.675 bits per heavy atom. The minimum Gasteiger partial charge on any atom is -0.462 e. The van der Waals surface area contributed by atoms with Gasteiger partial charge in [-0.3, -0.25) is 4.79 Å². The highest BCUT2D eigenvalue weighted by molar-refractivity contribution is 5.72. The highest BCUT2D eigenvalue weighted by Crippen LogP contribution is 2.41. The molecule has 0 N–H and O–H groups in total. The number of hydrogen-bond donors (Lipinski definition) is 0. The standard InChI is InChI=1S/C31H51FO8/c1-3-17-36-38-21-5-19-34-26-11-7-24(8-12-26)29-16-15-28(23-30(29)32)40-31(33)25-9-13-27(14-10-25)35-20-6-22-39-37-18-4-2/h3-4,24-30H,1-2,5-23H2. The van der Waals surface area contributed by atoms with Gasteiger partial charge in [-0.1, -0.05) is 12.2 Å². The predicted octanol–water partition coefficient (Wildman–Crippen LogP) is 6.24. The van der Waals surface area contributed by atoms with E-state index in [2.05, 4.69) is 13.2 Å². The van der Waals surface area contributed by atoms with Crippen molar-refractivity contribution in [1.29, 1.82) is 0 Å². The van der Waals surface area contributed by atoms with Crippen LogP contribution in [-0.4, -0.2) is 70.1 Å². The molecule has 0 radical (unpaired) electrons. The van der Waals surface area contributed by atoms with Crippen LogP contribution in [0.2, 0.25) is 0 Å². The molecule has 3 rings (SSSR count). The van der Waals surface area contributed by atoms with Gasteiger partial charge in [0.25, 0.3) is 0 Å². The average Bonchev–Trinajstić information content (AvgIpc) is 2.97. The Balaban J connectivity index is 1.23. The number of carbonyl (C=O) groups is 1. The van der Waals surface area contributed by atoms with Crippen LogP contribution in [0.1, 0.15) is 83.5 Å². The molecule has 3 aliphatic carbocycles. The van der Waals surface area contributed by atoms with Gasteiger partial charge in [-0.25, -0.2) is 23.9 Å². The summed E-state index contributed by atoms with van der Waals surface area (Å²) in [5.41, 5.74) is 0. The van der Waals surface area contributed by atoms with Crippen LogP contribution >= 0.6 is 0 Å². The highest BCUT2D eigenvalue weighted by Gasteiger charge is 2.39. The van der Waals surface area contributed by atoms with Gasteiger partial charge in [-0.2, -0.15) is 0 Å². The van der Waals surface area contributed by atoms with Crippen LogP contribution in [0.4, 0.5) is 4.39 Å². The lowest BCUT2D eigenvalue weighted by Gasteiger charge is -2.39. The fourth-order valence-corrected chi connectivity index (χ4v) is 6.20. The Morgan fingerprint density at radius 2 is 1.20 bits per heavy atom. The van der Waals surface area contributed by atoms with E-state index in [-0.39, 0.29) is 36.1 Å². The van der Waals surface area contributed by atoms with E-state index in [4.69, 9.17) is 33.8 Å². The van der Waals surface area contributed by atoms with Crippen LogP contribution in [0.5, 0.6) is 0 Å². The quantitative estimate of drug-likeness (QED) is 0.0594. The molecule has 0 heterocycles. The smallest absolute Gasteiger partial charge is 0.309 e. The van der Waals surface area contributed by atoms with Gasteiger partial charge < -0.3 is 14.2 Å². The SMILES string of the molecule is C=CCOOCCCOC1CCC(C(=O)OC2CCC(C3CCC(OCCCOOCC=C)CC3)C(F)C2)CC1. The van der Waals surface area contributed by atoms with Gasteiger partial charge in [0, 0.05) is 19.6 Å². The molecule has 9 heteroatoms. The maximum absolute atomic E-state index is 15.2. The number of rotatable bonds is 19. The second kappa shape index (κ2) is 19.7. The second-order valence-corrected chi connectivity index (χ2v) is 11.3. The van der Waals surface area contributed by atoms with Crippen LogP contribution in [0.3, 0.4) is 0 Å². The minimum absolute atomic E-state index is 0.0675. The van der Waals surface area contributed by atoms with Gasteiger partial charge in [0.1, 0.15) is 25.5 Å². The molecule has 0 saturated heterocycles. The van der Waals surface area contributed by atoms with Gasteiger partial charge in [0.05, 0.1) is 31.3 Å².